The summed E-state index contributed by atoms with van der Waals surface area (Å²) in [4.78, 5) is 9.45. The molecule has 1 fully saturated rings. The summed E-state index contributed by atoms with van der Waals surface area (Å²) in [6.45, 7) is 13.8. The van der Waals surface area contributed by atoms with Crippen LogP contribution in [0, 0.1) is 0 Å². The van der Waals surface area contributed by atoms with Gasteiger partial charge in [-0.05, 0) is 26.0 Å². The van der Waals surface area contributed by atoms with Crippen LogP contribution in [0.3, 0.4) is 0 Å². The number of piperazine rings is 1. The van der Waals surface area contributed by atoms with Crippen molar-refractivity contribution in [3.63, 3.8) is 0 Å². The average Bonchev–Trinajstić information content (AvgIpc) is 3.11. The maximum absolute atomic E-state index is 6.06. The lowest BCUT2D eigenvalue weighted by atomic mass is 9.94. The Balaban J connectivity index is 1.69. The third kappa shape index (κ3) is 3.88. The van der Waals surface area contributed by atoms with E-state index in [1.165, 1.54) is 5.69 Å². The fourth-order valence-electron chi connectivity index (χ4n) is 3.49. The second-order valence-corrected chi connectivity index (χ2v) is 8.23. The van der Waals surface area contributed by atoms with Gasteiger partial charge in [-0.1, -0.05) is 26.8 Å². The van der Waals surface area contributed by atoms with Crippen LogP contribution in [0.4, 0.5) is 5.69 Å². The number of rotatable bonds is 4. The Hall–Kier alpha value is -2.01. The molecule has 0 unspecified atom stereocenters. The van der Waals surface area contributed by atoms with Crippen LogP contribution in [0.5, 0.6) is 5.75 Å². The zero-order valence-corrected chi connectivity index (χ0v) is 16.8. The molecule has 2 aromatic rings. The molecule has 0 saturated carbocycles. The normalized spacial score (nSPS) is 20.2. The van der Waals surface area contributed by atoms with Crippen LogP contribution in [-0.2, 0) is 5.41 Å². The molecule has 1 aromatic carbocycles. The van der Waals surface area contributed by atoms with Crippen molar-refractivity contribution in [1.29, 1.82) is 0 Å². The van der Waals surface area contributed by atoms with Crippen LogP contribution in [0.25, 0.3) is 0 Å². The lowest BCUT2D eigenvalue weighted by Gasteiger charge is -2.43. The van der Waals surface area contributed by atoms with E-state index in [1.54, 1.807) is 7.11 Å². The lowest BCUT2D eigenvalue weighted by molar-refractivity contribution is 0.151. The molecule has 0 aliphatic carbocycles. The van der Waals surface area contributed by atoms with Crippen molar-refractivity contribution in [2.24, 2.45) is 0 Å². The second-order valence-electron chi connectivity index (χ2n) is 8.23. The molecule has 1 aromatic heterocycles. The third-order valence-corrected chi connectivity index (χ3v) is 5.21. The van der Waals surface area contributed by atoms with E-state index in [-0.39, 0.29) is 11.5 Å². The van der Waals surface area contributed by atoms with E-state index in [4.69, 9.17) is 9.15 Å². The van der Waals surface area contributed by atoms with E-state index in [1.807, 2.05) is 12.3 Å². The van der Waals surface area contributed by atoms with Crippen LogP contribution in [-0.4, -0.2) is 42.7 Å². The molecule has 1 aliphatic rings. The topological polar surface area (TPSA) is 41.7 Å². The third-order valence-electron chi connectivity index (χ3n) is 5.21. The van der Waals surface area contributed by atoms with Gasteiger partial charge in [0.25, 0.3) is 0 Å². The minimum atomic E-state index is -0.0106. The molecule has 0 bridgehead atoms. The average molecular weight is 357 g/mol. The maximum atomic E-state index is 6.06. The highest BCUT2D eigenvalue weighted by Crippen LogP contribution is 2.30. The molecule has 142 valence electrons. The molecule has 26 heavy (non-hydrogen) atoms. The van der Waals surface area contributed by atoms with Gasteiger partial charge in [0.15, 0.2) is 0 Å². The molecule has 3 rings (SSSR count). The maximum Gasteiger partial charge on any atom is 0.211 e. The summed E-state index contributed by atoms with van der Waals surface area (Å²) < 4.78 is 11.4. The summed E-state index contributed by atoms with van der Waals surface area (Å²) in [6.07, 6.45) is 1.88. The van der Waals surface area contributed by atoms with Crippen molar-refractivity contribution >= 4 is 5.69 Å². The zero-order chi connectivity index (χ0) is 18.9. The number of aromatic nitrogens is 1. The number of anilines is 1. The summed E-state index contributed by atoms with van der Waals surface area (Å²) in [5.41, 5.74) is 1.21. The summed E-state index contributed by atoms with van der Waals surface area (Å²) in [5, 5.41) is 0. The predicted molar refractivity (Wildman–Crippen MR) is 105 cm³/mol. The van der Waals surface area contributed by atoms with E-state index in [2.05, 4.69) is 67.6 Å². The fraction of sp³-hybridized carbons (Fsp3) is 0.571. The number of benzene rings is 1. The minimum absolute atomic E-state index is 0.0106. The van der Waals surface area contributed by atoms with Gasteiger partial charge >= 0.3 is 0 Å². The van der Waals surface area contributed by atoms with Crippen LogP contribution < -0.4 is 9.64 Å². The highest BCUT2D eigenvalue weighted by Gasteiger charge is 2.30. The summed E-state index contributed by atoms with van der Waals surface area (Å²) in [7, 11) is 1.71. The first-order chi connectivity index (χ1) is 12.3. The van der Waals surface area contributed by atoms with Gasteiger partial charge in [0.2, 0.25) is 5.89 Å². The Morgan fingerprint density at radius 3 is 2.65 bits per heavy atom. The molecule has 1 aliphatic heterocycles. The van der Waals surface area contributed by atoms with Gasteiger partial charge in [-0.15, -0.1) is 0 Å². The highest BCUT2D eigenvalue weighted by molar-refractivity contribution is 5.52. The van der Waals surface area contributed by atoms with Gasteiger partial charge in [-0.3, -0.25) is 4.90 Å². The van der Waals surface area contributed by atoms with E-state index >= 15 is 0 Å². The molecule has 0 spiro atoms. The van der Waals surface area contributed by atoms with Gasteiger partial charge < -0.3 is 14.1 Å². The molecule has 0 amide bonds. The van der Waals surface area contributed by atoms with Gasteiger partial charge in [-0.25, -0.2) is 4.98 Å². The first-order valence-electron chi connectivity index (χ1n) is 9.40. The van der Waals surface area contributed by atoms with E-state index in [0.29, 0.717) is 6.04 Å². The molecule has 0 N–H and O–H groups in total. The Morgan fingerprint density at radius 2 is 2.04 bits per heavy atom. The molecular weight excluding hydrogens is 326 g/mol. The second kappa shape index (κ2) is 7.31. The van der Waals surface area contributed by atoms with Crippen LogP contribution >= 0.6 is 0 Å². The summed E-state index contributed by atoms with van der Waals surface area (Å²) >= 11 is 0. The van der Waals surface area contributed by atoms with Gasteiger partial charge in [0.05, 0.1) is 19.3 Å². The van der Waals surface area contributed by atoms with E-state index < -0.39 is 0 Å². The molecule has 1 saturated heterocycles. The predicted octanol–water partition coefficient (Wildman–Crippen LogP) is 4.25. The Bertz CT molecular complexity index is 735. The van der Waals surface area contributed by atoms with Crippen molar-refractivity contribution < 1.29 is 9.15 Å². The van der Waals surface area contributed by atoms with E-state index in [0.717, 1.165) is 37.0 Å². The van der Waals surface area contributed by atoms with Crippen molar-refractivity contribution in [3.05, 3.63) is 42.1 Å². The molecule has 5 nitrogen and oxygen atoms in total. The van der Waals surface area contributed by atoms with Crippen molar-refractivity contribution in [1.82, 2.24) is 9.88 Å². The minimum Gasteiger partial charge on any atom is -0.497 e. The first-order valence-corrected chi connectivity index (χ1v) is 9.40. The van der Waals surface area contributed by atoms with Gasteiger partial charge in [0.1, 0.15) is 11.5 Å². The largest absolute Gasteiger partial charge is 0.497 e. The number of ether oxygens (including phenoxy) is 1. The highest BCUT2D eigenvalue weighted by atomic mass is 16.5. The Morgan fingerprint density at radius 1 is 1.27 bits per heavy atom. The monoisotopic (exact) mass is 357 g/mol. The summed E-state index contributed by atoms with van der Waals surface area (Å²) in [6, 6.07) is 8.90. The number of methoxy groups -OCH3 is 1. The molecule has 5 heteroatoms. The number of hydrogen-bond acceptors (Lipinski definition) is 5. The molecule has 2 heterocycles. The van der Waals surface area contributed by atoms with Crippen LogP contribution in [0.1, 0.15) is 52.3 Å². The quantitative estimate of drug-likeness (QED) is 0.818. The lowest BCUT2D eigenvalue weighted by Crippen LogP contribution is -2.52. The van der Waals surface area contributed by atoms with E-state index in [9.17, 15) is 0 Å². The molecular formula is C21H31N3O2. The van der Waals surface area contributed by atoms with Crippen molar-refractivity contribution in [2.45, 2.75) is 52.1 Å². The fourth-order valence-corrected chi connectivity index (χ4v) is 3.49. The number of nitrogens with zero attached hydrogens (tertiary/aromatic N) is 3. The molecule has 2 atom stereocenters. The number of hydrogen-bond donors (Lipinski definition) is 0. The van der Waals surface area contributed by atoms with Gasteiger partial charge in [0, 0.05) is 42.8 Å². The van der Waals surface area contributed by atoms with Crippen molar-refractivity contribution in [2.75, 3.05) is 31.6 Å². The Kier molecular flexibility index (Phi) is 5.28. The standard InChI is InChI=1S/C21H31N3O2/c1-15-14-23(16(2)20-22-13-19(26-20)21(3,4)5)10-11-24(15)17-8-7-9-18(12-17)25-6/h7-9,12-13,15-16H,10-11,14H2,1-6H3/t15-,16-/m1/s1. The Labute approximate surface area is 157 Å². The van der Waals surface area contributed by atoms with Crippen molar-refractivity contribution in [3.8, 4) is 5.75 Å². The van der Waals surface area contributed by atoms with Crippen LogP contribution in [0.15, 0.2) is 34.9 Å². The number of oxazole rings is 1. The smallest absolute Gasteiger partial charge is 0.211 e. The molecule has 0 radical (unpaired) electrons. The summed E-state index contributed by atoms with van der Waals surface area (Å²) in [5.74, 6) is 2.67. The SMILES string of the molecule is COc1cccc(N2CCN([C@H](C)c3ncc(C(C)(C)C)o3)C[C@H]2C)c1. The van der Waals surface area contributed by atoms with Crippen LogP contribution in [0.2, 0.25) is 0 Å². The van der Waals surface area contributed by atoms with Gasteiger partial charge in [-0.2, -0.15) is 0 Å². The first kappa shape index (κ1) is 18.8. The zero-order valence-electron chi connectivity index (χ0n) is 16.8.